The number of halogens is 3. The molecule has 0 aliphatic heterocycles. The van der Waals surface area contributed by atoms with E-state index < -0.39 is 11.7 Å². The number of fused-ring (bicyclic) bond motifs is 3. The van der Waals surface area contributed by atoms with Crippen molar-refractivity contribution in [1.29, 1.82) is 0 Å². The molecule has 1 N–H and O–H groups in total. The Labute approximate surface area is 160 Å². The molecule has 5 rings (SSSR count). The topological polar surface area (TPSA) is 33.6 Å². The zero-order chi connectivity index (χ0) is 19.3. The number of nitrogens with one attached hydrogen (secondary N) is 1. The van der Waals surface area contributed by atoms with Crippen molar-refractivity contribution in [2.45, 2.75) is 44.3 Å². The Hall–Kier alpha value is -2.76. The molecule has 0 spiro atoms. The summed E-state index contributed by atoms with van der Waals surface area (Å²) in [6.45, 7) is 0. The molecule has 4 aromatic rings. The van der Waals surface area contributed by atoms with E-state index in [1.165, 1.54) is 31.4 Å². The largest absolute Gasteiger partial charge is 0.416 e. The van der Waals surface area contributed by atoms with Gasteiger partial charge in [0.05, 0.1) is 11.1 Å². The van der Waals surface area contributed by atoms with E-state index in [4.69, 9.17) is 0 Å². The number of hydrogen-bond acceptors (Lipinski definition) is 1. The van der Waals surface area contributed by atoms with Crippen LogP contribution in [0.3, 0.4) is 0 Å². The lowest BCUT2D eigenvalue weighted by Gasteiger charge is -2.27. The summed E-state index contributed by atoms with van der Waals surface area (Å²) >= 11 is 0. The molecule has 1 aliphatic carbocycles. The van der Waals surface area contributed by atoms with Crippen LogP contribution < -0.4 is 0 Å². The lowest BCUT2D eigenvalue weighted by Crippen LogP contribution is -2.14. The van der Waals surface area contributed by atoms with Gasteiger partial charge >= 0.3 is 6.18 Å². The Morgan fingerprint density at radius 3 is 2.46 bits per heavy atom. The Kier molecular flexibility index (Phi) is 3.96. The van der Waals surface area contributed by atoms with Crippen molar-refractivity contribution in [3.8, 4) is 11.3 Å². The normalized spacial score (nSPS) is 16.2. The third-order valence-corrected chi connectivity index (χ3v) is 5.83. The van der Waals surface area contributed by atoms with Gasteiger partial charge in [-0.1, -0.05) is 31.4 Å². The van der Waals surface area contributed by atoms with Gasteiger partial charge in [-0.05, 0) is 42.7 Å². The molecule has 0 unspecified atom stereocenters. The molecule has 144 valence electrons. The number of alkyl halides is 3. The zero-order valence-corrected chi connectivity index (χ0v) is 15.3. The Morgan fingerprint density at radius 1 is 1.00 bits per heavy atom. The van der Waals surface area contributed by atoms with Crippen LogP contribution in [0.15, 0.2) is 48.8 Å². The van der Waals surface area contributed by atoms with Crippen molar-refractivity contribution in [1.82, 2.24) is 14.5 Å². The van der Waals surface area contributed by atoms with Gasteiger partial charge in [-0.15, -0.1) is 0 Å². The summed E-state index contributed by atoms with van der Waals surface area (Å²) < 4.78 is 41.3. The first-order chi connectivity index (χ1) is 13.5. The lowest BCUT2D eigenvalue weighted by atomic mass is 9.94. The number of aromatic amines is 1. The van der Waals surface area contributed by atoms with Gasteiger partial charge in [-0.3, -0.25) is 0 Å². The van der Waals surface area contributed by atoms with E-state index in [-0.39, 0.29) is 0 Å². The van der Waals surface area contributed by atoms with Gasteiger partial charge in [0.25, 0.3) is 0 Å². The van der Waals surface area contributed by atoms with Crippen molar-refractivity contribution in [3.63, 3.8) is 0 Å². The molecule has 0 bridgehead atoms. The maximum atomic E-state index is 13.0. The fourth-order valence-electron chi connectivity index (χ4n) is 4.49. The SMILES string of the molecule is FC(F)(F)c1ccc(-c2cc3cnc4[nH]ccc4c3n2C2CCCCC2)cc1. The van der Waals surface area contributed by atoms with E-state index in [2.05, 4.69) is 20.6 Å². The molecule has 0 atom stereocenters. The van der Waals surface area contributed by atoms with Crippen LogP contribution in [0.1, 0.15) is 43.7 Å². The molecule has 3 heterocycles. The standard InChI is InChI=1S/C22H20F3N3/c23-22(24,25)16-8-6-14(7-9-16)19-12-15-13-27-21-18(10-11-26-21)20(15)28(19)17-4-2-1-3-5-17/h6-13,17H,1-5H2,(H,26,27). The lowest BCUT2D eigenvalue weighted by molar-refractivity contribution is -0.137. The monoisotopic (exact) mass is 383 g/mol. The predicted molar refractivity (Wildman–Crippen MR) is 104 cm³/mol. The maximum Gasteiger partial charge on any atom is 0.416 e. The average Bonchev–Trinajstić information content (AvgIpc) is 3.32. The number of pyridine rings is 1. The number of aromatic nitrogens is 3. The van der Waals surface area contributed by atoms with E-state index in [9.17, 15) is 13.2 Å². The van der Waals surface area contributed by atoms with Crippen LogP contribution in [0.2, 0.25) is 0 Å². The Bertz CT molecular complexity index is 1130. The minimum absolute atomic E-state index is 0.351. The van der Waals surface area contributed by atoms with E-state index in [1.807, 2.05) is 18.5 Å². The molecule has 3 nitrogen and oxygen atoms in total. The quantitative estimate of drug-likeness (QED) is 0.410. The fraction of sp³-hybridized carbons (Fsp3) is 0.318. The molecule has 1 saturated carbocycles. The highest BCUT2D eigenvalue weighted by atomic mass is 19.4. The van der Waals surface area contributed by atoms with Gasteiger partial charge in [-0.25, -0.2) is 4.98 Å². The second-order valence-corrected chi connectivity index (χ2v) is 7.57. The van der Waals surface area contributed by atoms with Gasteiger partial charge in [-0.2, -0.15) is 13.2 Å². The van der Waals surface area contributed by atoms with E-state index in [1.54, 1.807) is 12.1 Å². The minimum Gasteiger partial charge on any atom is -0.346 e. The predicted octanol–water partition coefficient (Wildman–Crippen LogP) is 6.71. The third-order valence-electron chi connectivity index (χ3n) is 5.83. The summed E-state index contributed by atoms with van der Waals surface area (Å²) in [6.07, 6.45) is 5.18. The summed E-state index contributed by atoms with van der Waals surface area (Å²) in [6, 6.07) is 9.94. The highest BCUT2D eigenvalue weighted by Crippen LogP contribution is 2.40. The number of nitrogens with zero attached hydrogens (tertiary/aromatic N) is 2. The molecule has 28 heavy (non-hydrogen) atoms. The van der Waals surface area contributed by atoms with Crippen molar-refractivity contribution in [3.05, 3.63) is 54.4 Å². The first-order valence-electron chi connectivity index (χ1n) is 9.67. The smallest absolute Gasteiger partial charge is 0.346 e. The first-order valence-corrected chi connectivity index (χ1v) is 9.67. The molecular weight excluding hydrogens is 363 g/mol. The molecule has 3 aromatic heterocycles. The number of hydrogen-bond donors (Lipinski definition) is 1. The second-order valence-electron chi connectivity index (χ2n) is 7.57. The second kappa shape index (κ2) is 6.40. The van der Waals surface area contributed by atoms with Crippen LogP contribution in [0.25, 0.3) is 33.2 Å². The van der Waals surface area contributed by atoms with Gasteiger partial charge in [0.2, 0.25) is 0 Å². The molecule has 0 radical (unpaired) electrons. The van der Waals surface area contributed by atoms with E-state index >= 15 is 0 Å². The molecule has 1 fully saturated rings. The Morgan fingerprint density at radius 2 is 1.75 bits per heavy atom. The molecule has 0 saturated heterocycles. The van der Waals surface area contributed by atoms with Crippen LogP contribution in [-0.2, 0) is 6.18 Å². The van der Waals surface area contributed by atoms with Crippen LogP contribution in [0, 0.1) is 0 Å². The molecule has 1 aliphatic rings. The van der Waals surface area contributed by atoms with Crippen molar-refractivity contribution in [2.75, 3.05) is 0 Å². The van der Waals surface area contributed by atoms with Crippen LogP contribution in [-0.4, -0.2) is 14.5 Å². The fourth-order valence-corrected chi connectivity index (χ4v) is 4.49. The zero-order valence-electron chi connectivity index (χ0n) is 15.3. The highest BCUT2D eigenvalue weighted by Gasteiger charge is 2.30. The number of H-pyrrole nitrogens is 1. The number of rotatable bonds is 2. The van der Waals surface area contributed by atoms with Gasteiger partial charge in [0, 0.05) is 34.9 Å². The average molecular weight is 383 g/mol. The summed E-state index contributed by atoms with van der Waals surface area (Å²) in [7, 11) is 0. The molecule has 6 heteroatoms. The van der Waals surface area contributed by atoms with Crippen molar-refractivity contribution < 1.29 is 13.2 Å². The number of benzene rings is 1. The maximum absolute atomic E-state index is 13.0. The molecule has 0 amide bonds. The van der Waals surface area contributed by atoms with Crippen LogP contribution >= 0.6 is 0 Å². The summed E-state index contributed by atoms with van der Waals surface area (Å²) in [5.41, 5.74) is 3.10. The summed E-state index contributed by atoms with van der Waals surface area (Å²) in [5.74, 6) is 0. The highest BCUT2D eigenvalue weighted by molar-refractivity contribution is 6.05. The van der Waals surface area contributed by atoms with Crippen molar-refractivity contribution >= 4 is 21.9 Å². The van der Waals surface area contributed by atoms with Crippen LogP contribution in [0.5, 0.6) is 0 Å². The molecular formula is C22H20F3N3. The minimum atomic E-state index is -4.32. The first kappa shape index (κ1) is 17.3. The van der Waals surface area contributed by atoms with Crippen molar-refractivity contribution in [2.24, 2.45) is 0 Å². The van der Waals surface area contributed by atoms with E-state index in [0.29, 0.717) is 6.04 Å². The summed E-state index contributed by atoms with van der Waals surface area (Å²) in [5, 5.41) is 2.08. The van der Waals surface area contributed by atoms with Gasteiger partial charge in [0.15, 0.2) is 0 Å². The van der Waals surface area contributed by atoms with Crippen LogP contribution in [0.4, 0.5) is 13.2 Å². The third kappa shape index (κ3) is 2.79. The van der Waals surface area contributed by atoms with E-state index in [0.717, 1.165) is 46.0 Å². The van der Waals surface area contributed by atoms with Gasteiger partial charge in [0.1, 0.15) is 5.65 Å². The Balaban J connectivity index is 1.73. The summed E-state index contributed by atoms with van der Waals surface area (Å²) in [4.78, 5) is 7.66. The van der Waals surface area contributed by atoms with Gasteiger partial charge < -0.3 is 9.55 Å². The molecule has 1 aromatic carbocycles.